The van der Waals surface area contributed by atoms with Gasteiger partial charge in [0.1, 0.15) is 0 Å². The van der Waals surface area contributed by atoms with Crippen LogP contribution in [-0.4, -0.2) is 16.3 Å². The molecule has 2 heterocycles. The van der Waals surface area contributed by atoms with Crippen molar-refractivity contribution in [1.29, 1.82) is 0 Å². The molecule has 0 atom stereocenters. The van der Waals surface area contributed by atoms with Crippen LogP contribution in [0.1, 0.15) is 43.0 Å². The van der Waals surface area contributed by atoms with Crippen LogP contribution in [0.4, 0.5) is 11.5 Å². The van der Waals surface area contributed by atoms with Gasteiger partial charge in [-0.2, -0.15) is 5.10 Å². The summed E-state index contributed by atoms with van der Waals surface area (Å²) >= 11 is 0. The summed E-state index contributed by atoms with van der Waals surface area (Å²) in [7, 11) is 1.99. The van der Waals surface area contributed by atoms with Crippen LogP contribution in [0.15, 0.2) is 24.3 Å². The molecule has 0 aliphatic carbocycles. The molecule has 0 fully saturated rings. The summed E-state index contributed by atoms with van der Waals surface area (Å²) < 4.78 is 1.94. The number of nitrogen functional groups attached to an aromatic ring is 1. The van der Waals surface area contributed by atoms with E-state index in [-0.39, 0.29) is 0 Å². The van der Waals surface area contributed by atoms with Crippen molar-refractivity contribution in [1.82, 2.24) is 9.78 Å². The Morgan fingerprint density at radius 2 is 1.90 bits per heavy atom. The van der Waals surface area contributed by atoms with E-state index in [1.54, 1.807) is 0 Å². The van der Waals surface area contributed by atoms with E-state index in [1.807, 2.05) is 11.7 Å². The third-order valence-electron chi connectivity index (χ3n) is 4.28. The van der Waals surface area contributed by atoms with Crippen molar-refractivity contribution in [2.45, 2.75) is 39.2 Å². The number of rotatable bonds is 2. The summed E-state index contributed by atoms with van der Waals surface area (Å²) in [6.45, 7) is 6.22. The zero-order valence-corrected chi connectivity index (χ0v) is 13.1. The number of aryl methyl sites for hydroxylation is 2. The molecule has 0 saturated heterocycles. The normalized spacial score (nSPS) is 15.1. The molecule has 0 amide bonds. The van der Waals surface area contributed by atoms with Crippen LogP contribution < -0.4 is 10.6 Å². The zero-order valence-electron chi connectivity index (χ0n) is 13.1. The van der Waals surface area contributed by atoms with Gasteiger partial charge in [-0.25, -0.2) is 0 Å². The van der Waals surface area contributed by atoms with Crippen LogP contribution in [0, 0.1) is 0 Å². The minimum Gasteiger partial charge on any atom is -0.394 e. The maximum absolute atomic E-state index is 6.38. The molecule has 1 aromatic carbocycles. The molecule has 0 spiro atoms. The topological polar surface area (TPSA) is 47.1 Å². The monoisotopic (exact) mass is 284 g/mol. The second-order valence-electron chi connectivity index (χ2n) is 6.19. The van der Waals surface area contributed by atoms with Gasteiger partial charge in [0.2, 0.25) is 0 Å². The van der Waals surface area contributed by atoms with Crippen LogP contribution in [-0.2, 0) is 20.0 Å². The minimum atomic E-state index is 0.351. The molecular weight excluding hydrogens is 260 g/mol. The molecule has 4 heteroatoms. The highest BCUT2D eigenvalue weighted by Gasteiger charge is 2.23. The van der Waals surface area contributed by atoms with Crippen molar-refractivity contribution in [3.63, 3.8) is 0 Å². The van der Waals surface area contributed by atoms with Gasteiger partial charge in [-0.3, -0.25) is 4.68 Å². The van der Waals surface area contributed by atoms with E-state index in [2.05, 4.69) is 48.1 Å². The summed E-state index contributed by atoms with van der Waals surface area (Å²) in [5.74, 6) is 1.42. The number of nitrogens with zero attached hydrogens (tertiary/aromatic N) is 3. The van der Waals surface area contributed by atoms with Crippen LogP contribution in [0.25, 0.3) is 0 Å². The Balaban J connectivity index is 1.98. The molecule has 2 aromatic rings. The Morgan fingerprint density at radius 1 is 1.19 bits per heavy atom. The Morgan fingerprint density at radius 3 is 2.57 bits per heavy atom. The van der Waals surface area contributed by atoms with E-state index in [9.17, 15) is 0 Å². The first-order chi connectivity index (χ1) is 10.1. The SMILES string of the molecule is CC(C)c1nn(C)c(N2CCCc3ccccc3C2)c1N. The van der Waals surface area contributed by atoms with Crippen molar-refractivity contribution < 1.29 is 0 Å². The highest BCUT2D eigenvalue weighted by molar-refractivity contribution is 5.67. The van der Waals surface area contributed by atoms with Gasteiger partial charge in [0.15, 0.2) is 5.82 Å². The maximum Gasteiger partial charge on any atom is 0.150 e. The summed E-state index contributed by atoms with van der Waals surface area (Å²) in [4.78, 5) is 2.38. The fourth-order valence-corrected chi connectivity index (χ4v) is 3.23. The van der Waals surface area contributed by atoms with Gasteiger partial charge in [0, 0.05) is 20.1 Å². The van der Waals surface area contributed by atoms with Crippen molar-refractivity contribution >= 4 is 11.5 Å². The van der Waals surface area contributed by atoms with Gasteiger partial charge >= 0.3 is 0 Å². The number of anilines is 2. The number of hydrogen-bond acceptors (Lipinski definition) is 3. The van der Waals surface area contributed by atoms with Gasteiger partial charge < -0.3 is 10.6 Å². The first-order valence-electron chi connectivity index (χ1n) is 7.72. The van der Waals surface area contributed by atoms with Gasteiger partial charge in [0.25, 0.3) is 0 Å². The van der Waals surface area contributed by atoms with Crippen LogP contribution in [0.2, 0.25) is 0 Å². The lowest BCUT2D eigenvalue weighted by molar-refractivity contribution is 0.675. The third-order valence-corrected chi connectivity index (χ3v) is 4.28. The molecule has 0 bridgehead atoms. The lowest BCUT2D eigenvalue weighted by Gasteiger charge is -2.23. The van der Waals surface area contributed by atoms with E-state index >= 15 is 0 Å². The molecule has 21 heavy (non-hydrogen) atoms. The number of fused-ring (bicyclic) bond motifs is 1. The van der Waals surface area contributed by atoms with Crippen LogP contribution >= 0.6 is 0 Å². The zero-order chi connectivity index (χ0) is 15.0. The fourth-order valence-electron chi connectivity index (χ4n) is 3.23. The molecule has 4 nitrogen and oxygen atoms in total. The summed E-state index contributed by atoms with van der Waals surface area (Å²) in [6, 6.07) is 8.72. The van der Waals surface area contributed by atoms with Crippen LogP contribution in [0.5, 0.6) is 0 Å². The lowest BCUT2D eigenvalue weighted by atomic mass is 10.0. The van der Waals surface area contributed by atoms with Crippen molar-refractivity contribution in [2.75, 3.05) is 17.2 Å². The first kappa shape index (κ1) is 14.0. The van der Waals surface area contributed by atoms with Crippen LogP contribution in [0.3, 0.4) is 0 Å². The second-order valence-corrected chi connectivity index (χ2v) is 6.19. The largest absolute Gasteiger partial charge is 0.394 e. The average Bonchev–Trinajstić information content (AvgIpc) is 2.63. The fraction of sp³-hybridized carbons (Fsp3) is 0.471. The number of aromatic nitrogens is 2. The Bertz CT molecular complexity index is 642. The summed E-state index contributed by atoms with van der Waals surface area (Å²) in [6.07, 6.45) is 2.29. The molecule has 0 radical (unpaired) electrons. The standard InChI is InChI=1S/C17H24N4/c1-12(2)16-15(18)17(20(3)19-16)21-10-6-9-13-7-4-5-8-14(13)11-21/h4-5,7-8,12H,6,9-11,18H2,1-3H3. The highest BCUT2D eigenvalue weighted by Crippen LogP contribution is 2.33. The smallest absolute Gasteiger partial charge is 0.150 e. The molecule has 112 valence electrons. The average molecular weight is 284 g/mol. The quantitative estimate of drug-likeness (QED) is 0.922. The summed E-state index contributed by atoms with van der Waals surface area (Å²) in [5, 5.41) is 4.62. The maximum atomic E-state index is 6.38. The Hall–Kier alpha value is -1.97. The molecule has 3 rings (SSSR count). The molecule has 2 N–H and O–H groups in total. The predicted molar refractivity (Wildman–Crippen MR) is 87.5 cm³/mol. The van der Waals surface area contributed by atoms with E-state index < -0.39 is 0 Å². The van der Waals surface area contributed by atoms with Crippen molar-refractivity contribution in [3.05, 3.63) is 41.1 Å². The summed E-state index contributed by atoms with van der Waals surface area (Å²) in [5.41, 5.74) is 11.1. The van der Waals surface area contributed by atoms with Gasteiger partial charge in [0.05, 0.1) is 11.4 Å². The van der Waals surface area contributed by atoms with E-state index in [0.717, 1.165) is 43.1 Å². The van der Waals surface area contributed by atoms with E-state index in [1.165, 1.54) is 11.1 Å². The molecule has 1 aromatic heterocycles. The Labute approximate surface area is 126 Å². The number of hydrogen-bond donors (Lipinski definition) is 1. The van der Waals surface area contributed by atoms with Gasteiger partial charge in [-0.15, -0.1) is 0 Å². The van der Waals surface area contributed by atoms with Crippen molar-refractivity contribution in [2.24, 2.45) is 7.05 Å². The third kappa shape index (κ3) is 2.50. The first-order valence-corrected chi connectivity index (χ1v) is 7.72. The molecule has 0 saturated carbocycles. The van der Waals surface area contributed by atoms with E-state index in [0.29, 0.717) is 5.92 Å². The van der Waals surface area contributed by atoms with Gasteiger partial charge in [-0.1, -0.05) is 38.1 Å². The number of benzene rings is 1. The lowest BCUT2D eigenvalue weighted by Crippen LogP contribution is -2.25. The number of nitrogens with two attached hydrogens (primary N) is 1. The van der Waals surface area contributed by atoms with Gasteiger partial charge in [-0.05, 0) is 29.9 Å². The molecule has 1 aliphatic rings. The van der Waals surface area contributed by atoms with Crippen molar-refractivity contribution in [3.8, 4) is 0 Å². The predicted octanol–water partition coefficient (Wildman–Crippen LogP) is 3.08. The minimum absolute atomic E-state index is 0.351. The molecular formula is C17H24N4. The molecule has 0 unspecified atom stereocenters. The van der Waals surface area contributed by atoms with E-state index in [4.69, 9.17) is 5.73 Å². The second kappa shape index (κ2) is 5.43. The highest BCUT2D eigenvalue weighted by atomic mass is 15.4. The Kier molecular flexibility index (Phi) is 3.62. The molecule has 1 aliphatic heterocycles.